The molecular weight excluding hydrogens is 804 g/mol. The van der Waals surface area contributed by atoms with Crippen LogP contribution in [0.2, 0.25) is 0 Å². The topological polar surface area (TPSA) is 88.6 Å². The number of fused-ring (bicyclic) bond motifs is 3. The van der Waals surface area contributed by atoms with Crippen molar-refractivity contribution in [3.8, 4) is 17.2 Å². The van der Waals surface area contributed by atoms with Gasteiger partial charge in [0.1, 0.15) is 17.2 Å². The van der Waals surface area contributed by atoms with Crippen LogP contribution in [0.4, 0.5) is 29.7 Å². The van der Waals surface area contributed by atoms with Gasteiger partial charge in [0.05, 0.1) is 33.8 Å². The zero-order chi connectivity index (χ0) is 41.6. The number of rotatable bonds is 3. The van der Waals surface area contributed by atoms with E-state index in [0.717, 1.165) is 14.0 Å². The quantitative estimate of drug-likeness (QED) is 0.165. The molecule has 0 spiro atoms. The van der Waals surface area contributed by atoms with Crippen LogP contribution in [-0.2, 0) is 0 Å². The van der Waals surface area contributed by atoms with Gasteiger partial charge in [0.2, 0.25) is 0 Å². The highest BCUT2D eigenvalue weighted by Gasteiger charge is 2.38. The summed E-state index contributed by atoms with van der Waals surface area (Å²) in [5.41, 5.74) is 2.68. The molecule has 0 saturated heterocycles. The Morgan fingerprint density at radius 3 is 0.793 bits per heavy atom. The molecule has 0 aromatic heterocycles. The first kappa shape index (κ1) is 43.3. The number of para-hydroxylation sites is 6. The Hall–Kier alpha value is -5.79. The summed E-state index contributed by atoms with van der Waals surface area (Å²) in [5.74, 6) is -0.167. The van der Waals surface area contributed by atoms with Crippen LogP contribution >= 0.6 is 25.8 Å². The molecule has 58 heavy (non-hydrogen) atoms. The summed E-state index contributed by atoms with van der Waals surface area (Å²) in [6, 6.07) is 46.1. The molecule has 3 atom stereocenters. The third-order valence-electron chi connectivity index (χ3n) is 7.92. The molecule has 15 heteroatoms. The number of anilines is 3. The smallest absolute Gasteiger partial charge is 0.401 e. The number of carbonyl (C=O) groups is 3. The van der Waals surface area contributed by atoms with Gasteiger partial charge < -0.3 is 13.6 Å². The van der Waals surface area contributed by atoms with Crippen molar-refractivity contribution in [3.63, 3.8) is 0 Å². The Kier molecular flexibility index (Phi) is 15.8. The molecule has 0 fully saturated rings. The molecule has 3 unspecified atom stereocenters. The largest absolute Gasteiger partial charge is 0.428 e. The van der Waals surface area contributed by atoms with E-state index in [0.29, 0.717) is 51.0 Å². The second-order valence-electron chi connectivity index (χ2n) is 11.3. The highest BCUT2D eigenvalue weighted by Crippen LogP contribution is 2.54. The molecule has 0 aliphatic carbocycles. The first-order valence-corrected chi connectivity index (χ1v) is 21.5. The van der Waals surface area contributed by atoms with Gasteiger partial charge in [-0.3, -0.25) is 14.4 Å². The summed E-state index contributed by atoms with van der Waals surface area (Å²) in [7, 11) is -7.42. The molecule has 0 radical (unpaired) electrons. The molecule has 9 nitrogen and oxygen atoms in total. The average molecular weight is 844 g/mol. The van der Waals surface area contributed by atoms with Crippen molar-refractivity contribution in [1.82, 2.24) is 0 Å². The lowest BCUT2D eigenvalue weighted by Crippen LogP contribution is -2.30. The Bertz CT molecular complexity index is 2030. The van der Waals surface area contributed by atoms with Crippen molar-refractivity contribution in [2.45, 2.75) is 27.7 Å². The fourth-order valence-electron chi connectivity index (χ4n) is 5.42. The molecule has 3 aliphatic rings. The predicted octanol–water partition coefficient (Wildman–Crippen LogP) is 13.8. The van der Waals surface area contributed by atoms with Crippen LogP contribution in [0, 0.1) is 0 Å². The number of hydrogen-bond donors (Lipinski definition) is 0. The van der Waals surface area contributed by atoms with E-state index in [1.54, 1.807) is 146 Å². The van der Waals surface area contributed by atoms with Crippen molar-refractivity contribution < 1.29 is 40.5 Å². The zero-order valence-corrected chi connectivity index (χ0v) is 34.5. The highest BCUT2D eigenvalue weighted by molar-refractivity contribution is 7.51. The van der Waals surface area contributed by atoms with E-state index in [-0.39, 0.29) is 17.7 Å². The summed E-state index contributed by atoms with van der Waals surface area (Å²) in [5, 5.41) is 0. The molecule has 6 aromatic rings. The second-order valence-corrected chi connectivity index (χ2v) is 14.4. The summed E-state index contributed by atoms with van der Waals surface area (Å²) in [6.07, 6.45) is 0. The molecule has 3 heterocycles. The average Bonchev–Trinajstić information content (AvgIpc) is 3.27. The third kappa shape index (κ3) is 9.83. The number of amides is 3. The molecule has 298 valence electrons. The first-order valence-electron chi connectivity index (χ1n) is 18.2. The van der Waals surface area contributed by atoms with Crippen molar-refractivity contribution >= 4 is 60.6 Å². The molecule has 0 saturated carbocycles. The van der Waals surface area contributed by atoms with Gasteiger partial charge in [-0.1, -0.05) is 119 Å². The number of hydrogen-bond acceptors (Lipinski definition) is 6. The standard InChI is InChI=1S/3C13H9FNO2P.2C2H6/c3*14-18-15(10-6-2-1-3-7-10)13(16)11-8-4-5-9-12(11)17-18;2*1-2/h3*1-9H;2*1-2H3. The van der Waals surface area contributed by atoms with Crippen molar-refractivity contribution in [2.24, 2.45) is 0 Å². The number of carbonyl (C=O) groups excluding carboxylic acids is 3. The minimum Gasteiger partial charge on any atom is -0.428 e. The van der Waals surface area contributed by atoms with Crippen LogP contribution < -0.4 is 27.6 Å². The van der Waals surface area contributed by atoms with E-state index in [4.69, 9.17) is 13.6 Å². The predicted molar refractivity (Wildman–Crippen MR) is 228 cm³/mol. The van der Waals surface area contributed by atoms with E-state index >= 15 is 0 Å². The lowest BCUT2D eigenvalue weighted by Gasteiger charge is -2.29. The van der Waals surface area contributed by atoms with Crippen molar-refractivity contribution in [3.05, 3.63) is 180 Å². The Morgan fingerprint density at radius 2 is 0.552 bits per heavy atom. The molecule has 9 rings (SSSR count). The zero-order valence-electron chi connectivity index (χ0n) is 31.9. The van der Waals surface area contributed by atoms with Crippen LogP contribution in [0.5, 0.6) is 17.2 Å². The maximum atomic E-state index is 14.0. The van der Waals surface area contributed by atoms with Crippen LogP contribution in [-0.4, -0.2) is 17.7 Å². The van der Waals surface area contributed by atoms with Crippen LogP contribution in [0.25, 0.3) is 0 Å². The van der Waals surface area contributed by atoms with Gasteiger partial charge in [-0.15, -0.1) is 0 Å². The third-order valence-corrected chi connectivity index (χ3v) is 11.1. The SMILES string of the molecule is CC.CC.O=C1c2ccccc2OP(F)N1c1ccccc1.O=C1c2ccccc2OP(F)N1c1ccccc1.O=C1c2ccccc2OP(F)N1c1ccccc1. The van der Waals surface area contributed by atoms with E-state index in [1.807, 2.05) is 45.9 Å². The Morgan fingerprint density at radius 1 is 0.345 bits per heavy atom. The Balaban J connectivity index is 0.000000159. The van der Waals surface area contributed by atoms with Gasteiger partial charge in [-0.2, -0.15) is 12.6 Å². The maximum absolute atomic E-state index is 14.0. The number of halogens is 3. The summed E-state index contributed by atoms with van der Waals surface area (Å²) < 4.78 is 60.8. The minimum atomic E-state index is -2.47. The molecule has 3 aliphatic heterocycles. The van der Waals surface area contributed by atoms with Gasteiger partial charge in [-0.25, -0.2) is 14.0 Å². The first-order chi connectivity index (χ1) is 28.3. The van der Waals surface area contributed by atoms with Crippen LogP contribution in [0.15, 0.2) is 164 Å². The minimum absolute atomic E-state index is 0.309. The molecule has 3 amide bonds. The van der Waals surface area contributed by atoms with E-state index in [9.17, 15) is 27.0 Å². The summed E-state index contributed by atoms with van der Waals surface area (Å²) in [4.78, 5) is 36.7. The maximum Gasteiger partial charge on any atom is 0.401 e. The lowest BCUT2D eigenvalue weighted by atomic mass is 10.2. The normalized spacial score (nSPS) is 17.1. The van der Waals surface area contributed by atoms with E-state index in [1.165, 1.54) is 0 Å². The Labute approximate surface area is 339 Å². The molecule has 0 bridgehead atoms. The van der Waals surface area contributed by atoms with E-state index < -0.39 is 25.8 Å². The molecular formula is C43H39F3N3O6P3. The van der Waals surface area contributed by atoms with Crippen LogP contribution in [0.1, 0.15) is 58.8 Å². The number of nitrogens with zero attached hydrogens (tertiary/aromatic N) is 3. The highest BCUT2D eigenvalue weighted by atomic mass is 31.2. The van der Waals surface area contributed by atoms with Gasteiger partial charge in [-0.05, 0) is 72.8 Å². The van der Waals surface area contributed by atoms with Crippen LogP contribution in [0.3, 0.4) is 0 Å². The van der Waals surface area contributed by atoms with Gasteiger partial charge in [0, 0.05) is 0 Å². The molecule has 0 N–H and O–H groups in total. The summed E-state index contributed by atoms with van der Waals surface area (Å²) in [6.45, 7) is 8.00. The summed E-state index contributed by atoms with van der Waals surface area (Å²) >= 11 is 0. The van der Waals surface area contributed by atoms with Gasteiger partial charge in [0.15, 0.2) is 0 Å². The molecule has 6 aromatic carbocycles. The number of benzene rings is 6. The van der Waals surface area contributed by atoms with E-state index in [2.05, 4.69) is 0 Å². The van der Waals surface area contributed by atoms with Gasteiger partial charge in [0.25, 0.3) is 17.7 Å². The van der Waals surface area contributed by atoms with Gasteiger partial charge >= 0.3 is 25.8 Å². The lowest BCUT2D eigenvalue weighted by molar-refractivity contribution is 0.0987. The fraction of sp³-hybridized carbons (Fsp3) is 0.0930. The fourth-order valence-corrected chi connectivity index (χ4v) is 8.33. The second kappa shape index (κ2) is 21.1. The monoisotopic (exact) mass is 843 g/mol. The van der Waals surface area contributed by atoms with Crippen molar-refractivity contribution in [2.75, 3.05) is 14.0 Å². The van der Waals surface area contributed by atoms with Crippen molar-refractivity contribution in [1.29, 1.82) is 0 Å².